The molecule has 1 aromatic rings. The summed E-state index contributed by atoms with van der Waals surface area (Å²) in [5, 5.41) is 0. The Morgan fingerprint density at radius 2 is 1.91 bits per heavy atom. The third kappa shape index (κ3) is 4.04. The van der Waals surface area contributed by atoms with Crippen LogP contribution in [-0.4, -0.2) is 49.2 Å². The van der Waals surface area contributed by atoms with Gasteiger partial charge in [0.2, 0.25) is 12.3 Å². The van der Waals surface area contributed by atoms with Crippen molar-refractivity contribution in [3.05, 3.63) is 29.8 Å². The number of thioether (sulfide) groups is 1. The monoisotopic (exact) mass is 339 g/mol. The topological polar surface area (TPSA) is 65.1 Å². The molecular weight excluding hydrogens is 318 g/mol. The van der Waals surface area contributed by atoms with E-state index in [9.17, 15) is 9.59 Å². The minimum absolute atomic E-state index is 0.0592. The lowest BCUT2D eigenvalue weighted by molar-refractivity contribution is -0.182. The molecule has 23 heavy (non-hydrogen) atoms. The fraction of sp³-hybridized carbons (Fsp3) is 0.500. The summed E-state index contributed by atoms with van der Waals surface area (Å²) in [4.78, 5) is 25.7. The summed E-state index contributed by atoms with van der Waals surface area (Å²) in [7, 11) is 1.47. The standard InChI is InChI=1S/C16H21NO5S/c1-10(18)17-14(9-21-11(2)19)15(22-16(17)20-3)12-5-7-13(23-4)8-6-12/h5-8,14-16H,9H2,1-4H3. The average Bonchev–Trinajstić information content (AvgIpc) is 2.91. The first-order valence-electron chi connectivity index (χ1n) is 7.22. The number of hydrogen-bond donors (Lipinski definition) is 0. The smallest absolute Gasteiger partial charge is 0.302 e. The molecule has 2 rings (SSSR count). The molecule has 1 saturated heterocycles. The van der Waals surface area contributed by atoms with Crippen molar-refractivity contribution in [1.29, 1.82) is 0 Å². The van der Waals surface area contributed by atoms with Crippen molar-refractivity contribution < 1.29 is 23.8 Å². The molecule has 1 fully saturated rings. The van der Waals surface area contributed by atoms with Gasteiger partial charge < -0.3 is 14.2 Å². The SMILES string of the molecule is COC1OC(c2ccc(SC)cc2)C(COC(C)=O)N1C(C)=O. The highest BCUT2D eigenvalue weighted by atomic mass is 32.2. The lowest BCUT2D eigenvalue weighted by Gasteiger charge is -2.26. The number of benzene rings is 1. The predicted octanol–water partition coefficient (Wildman–Crippen LogP) is 2.19. The summed E-state index contributed by atoms with van der Waals surface area (Å²) >= 11 is 1.65. The zero-order chi connectivity index (χ0) is 17.0. The van der Waals surface area contributed by atoms with Crippen LogP contribution >= 0.6 is 11.8 Å². The van der Waals surface area contributed by atoms with Gasteiger partial charge in [0.1, 0.15) is 18.8 Å². The summed E-state index contributed by atoms with van der Waals surface area (Å²) < 4.78 is 16.3. The van der Waals surface area contributed by atoms with Crippen molar-refractivity contribution in [1.82, 2.24) is 4.90 Å². The lowest BCUT2D eigenvalue weighted by atomic mass is 10.0. The number of ether oxygens (including phenoxy) is 3. The molecule has 1 aliphatic rings. The number of nitrogens with zero attached hydrogens (tertiary/aromatic N) is 1. The van der Waals surface area contributed by atoms with Gasteiger partial charge in [-0.15, -0.1) is 11.8 Å². The van der Waals surface area contributed by atoms with E-state index in [0.717, 1.165) is 10.5 Å². The van der Waals surface area contributed by atoms with Gasteiger partial charge in [0.05, 0.1) is 0 Å². The quantitative estimate of drug-likeness (QED) is 0.605. The molecule has 0 aromatic heterocycles. The molecule has 0 bridgehead atoms. The Morgan fingerprint density at radius 3 is 2.39 bits per heavy atom. The van der Waals surface area contributed by atoms with Crippen LogP contribution < -0.4 is 0 Å². The van der Waals surface area contributed by atoms with Gasteiger partial charge in [0.15, 0.2) is 0 Å². The minimum Gasteiger partial charge on any atom is -0.464 e. The largest absolute Gasteiger partial charge is 0.464 e. The van der Waals surface area contributed by atoms with Crippen LogP contribution in [0.15, 0.2) is 29.2 Å². The van der Waals surface area contributed by atoms with Gasteiger partial charge in [-0.1, -0.05) is 12.1 Å². The van der Waals surface area contributed by atoms with E-state index < -0.39 is 24.5 Å². The highest BCUT2D eigenvalue weighted by Gasteiger charge is 2.45. The molecule has 1 amide bonds. The Labute approximate surface area is 140 Å². The van der Waals surface area contributed by atoms with E-state index in [0.29, 0.717) is 0 Å². The predicted molar refractivity (Wildman–Crippen MR) is 85.8 cm³/mol. The molecule has 1 heterocycles. The summed E-state index contributed by atoms with van der Waals surface area (Å²) in [5.41, 5.74) is 0.908. The maximum absolute atomic E-state index is 12.0. The van der Waals surface area contributed by atoms with E-state index >= 15 is 0 Å². The second-order valence-corrected chi connectivity index (χ2v) is 6.05. The van der Waals surface area contributed by atoms with Gasteiger partial charge in [-0.2, -0.15) is 0 Å². The number of rotatable bonds is 5. The summed E-state index contributed by atoms with van der Waals surface area (Å²) in [6.07, 6.45) is 0.792. The van der Waals surface area contributed by atoms with Gasteiger partial charge in [-0.05, 0) is 24.0 Å². The van der Waals surface area contributed by atoms with Crippen molar-refractivity contribution in [2.75, 3.05) is 20.0 Å². The Kier molecular flexibility index (Phi) is 6.04. The van der Waals surface area contributed by atoms with Gasteiger partial charge in [0, 0.05) is 25.9 Å². The number of methoxy groups -OCH3 is 1. The Hall–Kier alpha value is -1.57. The van der Waals surface area contributed by atoms with E-state index in [-0.39, 0.29) is 12.5 Å². The Bertz CT molecular complexity index is 562. The average molecular weight is 339 g/mol. The summed E-state index contributed by atoms with van der Waals surface area (Å²) in [6, 6.07) is 7.46. The normalized spacial score (nSPS) is 23.8. The lowest BCUT2D eigenvalue weighted by Crippen LogP contribution is -2.44. The third-order valence-electron chi connectivity index (χ3n) is 3.66. The van der Waals surface area contributed by atoms with Gasteiger partial charge >= 0.3 is 5.97 Å². The minimum atomic E-state index is -0.793. The molecule has 3 atom stereocenters. The maximum atomic E-state index is 12.0. The Morgan fingerprint density at radius 1 is 1.26 bits per heavy atom. The third-order valence-corrected chi connectivity index (χ3v) is 4.41. The Balaban J connectivity index is 2.29. The van der Waals surface area contributed by atoms with Crippen LogP contribution in [0.4, 0.5) is 0 Å². The van der Waals surface area contributed by atoms with Crippen LogP contribution in [0.5, 0.6) is 0 Å². The number of esters is 1. The molecule has 1 aromatic carbocycles. The van der Waals surface area contributed by atoms with E-state index in [1.54, 1.807) is 11.8 Å². The fourth-order valence-electron chi connectivity index (χ4n) is 2.60. The van der Waals surface area contributed by atoms with Crippen LogP contribution in [0.3, 0.4) is 0 Å². The molecule has 3 unspecified atom stereocenters. The van der Waals surface area contributed by atoms with Crippen molar-refractivity contribution >= 4 is 23.6 Å². The van der Waals surface area contributed by atoms with E-state index in [4.69, 9.17) is 14.2 Å². The van der Waals surface area contributed by atoms with Crippen LogP contribution in [0.2, 0.25) is 0 Å². The van der Waals surface area contributed by atoms with Crippen molar-refractivity contribution in [2.45, 2.75) is 37.3 Å². The van der Waals surface area contributed by atoms with E-state index in [1.165, 1.54) is 25.9 Å². The van der Waals surface area contributed by atoms with Crippen LogP contribution in [-0.2, 0) is 23.8 Å². The highest BCUT2D eigenvalue weighted by Crippen LogP contribution is 2.36. The molecule has 0 saturated carbocycles. The van der Waals surface area contributed by atoms with Crippen LogP contribution in [0.25, 0.3) is 0 Å². The van der Waals surface area contributed by atoms with Crippen LogP contribution in [0.1, 0.15) is 25.5 Å². The van der Waals surface area contributed by atoms with Crippen molar-refractivity contribution in [3.63, 3.8) is 0 Å². The van der Waals surface area contributed by atoms with Gasteiger partial charge in [0.25, 0.3) is 0 Å². The first kappa shape index (κ1) is 17.8. The van der Waals surface area contributed by atoms with Gasteiger partial charge in [-0.3, -0.25) is 14.5 Å². The fourth-order valence-corrected chi connectivity index (χ4v) is 3.01. The highest BCUT2D eigenvalue weighted by molar-refractivity contribution is 7.98. The second kappa shape index (κ2) is 7.81. The molecule has 126 valence electrons. The molecule has 1 aliphatic heterocycles. The second-order valence-electron chi connectivity index (χ2n) is 5.17. The molecule has 0 N–H and O–H groups in total. The first-order chi connectivity index (χ1) is 11.0. The van der Waals surface area contributed by atoms with Crippen molar-refractivity contribution in [2.24, 2.45) is 0 Å². The molecule has 7 heteroatoms. The molecular formula is C16H21NO5S. The molecule has 0 aliphatic carbocycles. The molecule has 0 spiro atoms. The summed E-state index contributed by atoms with van der Waals surface area (Å²) in [5.74, 6) is -0.594. The maximum Gasteiger partial charge on any atom is 0.302 e. The molecule has 6 nitrogen and oxygen atoms in total. The first-order valence-corrected chi connectivity index (χ1v) is 8.45. The zero-order valence-electron chi connectivity index (χ0n) is 13.6. The number of amides is 1. The van der Waals surface area contributed by atoms with E-state index in [1.807, 2.05) is 30.5 Å². The van der Waals surface area contributed by atoms with Crippen molar-refractivity contribution in [3.8, 4) is 0 Å². The summed E-state index contributed by atoms with van der Waals surface area (Å²) in [6.45, 7) is 2.84. The zero-order valence-corrected chi connectivity index (χ0v) is 14.5. The van der Waals surface area contributed by atoms with Crippen LogP contribution in [0, 0.1) is 0 Å². The van der Waals surface area contributed by atoms with E-state index in [2.05, 4.69) is 0 Å². The number of carbonyl (C=O) groups is 2. The number of hydrogen-bond acceptors (Lipinski definition) is 6. The molecule has 0 radical (unpaired) electrons. The number of carbonyl (C=O) groups excluding carboxylic acids is 2. The van der Waals surface area contributed by atoms with Gasteiger partial charge in [-0.25, -0.2) is 0 Å².